The molecule has 0 bridgehead atoms. The van der Waals surface area contributed by atoms with Gasteiger partial charge in [-0.25, -0.2) is 4.98 Å². The fourth-order valence-electron chi connectivity index (χ4n) is 3.90. The summed E-state index contributed by atoms with van der Waals surface area (Å²) >= 11 is 0. The zero-order chi connectivity index (χ0) is 26.3. The van der Waals surface area contributed by atoms with Gasteiger partial charge in [-0.15, -0.1) is 0 Å². The van der Waals surface area contributed by atoms with Crippen molar-refractivity contribution in [1.82, 2.24) is 15.1 Å². The lowest BCUT2D eigenvalue weighted by Gasteiger charge is -2.11. The van der Waals surface area contributed by atoms with E-state index in [4.69, 9.17) is 4.52 Å². The van der Waals surface area contributed by atoms with Gasteiger partial charge in [-0.05, 0) is 54.2 Å². The Labute approximate surface area is 206 Å². The summed E-state index contributed by atoms with van der Waals surface area (Å²) < 4.78 is 43.4. The van der Waals surface area contributed by atoms with Crippen LogP contribution in [0.3, 0.4) is 0 Å². The van der Waals surface area contributed by atoms with E-state index in [0.717, 1.165) is 22.3 Å². The Morgan fingerprint density at radius 1 is 1.11 bits per heavy atom. The number of carbonyl (C=O) groups excluding carboxylic acids is 2. The maximum Gasteiger partial charge on any atom is 0.392 e. The summed E-state index contributed by atoms with van der Waals surface area (Å²) in [6, 6.07) is 9.15. The fraction of sp³-hybridized carbons (Fsp3) is 0.423. The molecular weight excluding hydrogens is 473 g/mol. The van der Waals surface area contributed by atoms with Crippen LogP contribution in [0.2, 0.25) is 0 Å². The van der Waals surface area contributed by atoms with Crippen molar-refractivity contribution in [3.63, 3.8) is 0 Å². The molecule has 10 heteroatoms. The Balaban J connectivity index is 1.39. The van der Waals surface area contributed by atoms with Gasteiger partial charge < -0.3 is 9.84 Å². The first-order chi connectivity index (χ1) is 16.8. The summed E-state index contributed by atoms with van der Waals surface area (Å²) in [6.07, 6.45) is -2.32. The van der Waals surface area contributed by atoms with E-state index >= 15 is 0 Å². The van der Waals surface area contributed by atoms with Crippen LogP contribution in [0.1, 0.15) is 61.2 Å². The Bertz CT molecular complexity index is 1290. The Morgan fingerprint density at radius 2 is 1.83 bits per heavy atom. The smallest absolute Gasteiger partial charge is 0.338 e. The van der Waals surface area contributed by atoms with Gasteiger partial charge in [0, 0.05) is 18.0 Å². The molecule has 0 radical (unpaired) electrons. The van der Waals surface area contributed by atoms with Gasteiger partial charge in [0.25, 0.3) is 0 Å². The van der Waals surface area contributed by atoms with Gasteiger partial charge in [-0.1, -0.05) is 44.1 Å². The lowest BCUT2D eigenvalue weighted by molar-refractivity contribution is -0.153. The molecule has 0 aliphatic heterocycles. The summed E-state index contributed by atoms with van der Waals surface area (Å²) in [5.74, 6) is -2.82. The first-order valence-electron chi connectivity index (χ1n) is 11.6. The van der Waals surface area contributed by atoms with Gasteiger partial charge >= 0.3 is 6.18 Å². The number of nitrogens with zero attached hydrogens (tertiary/aromatic N) is 3. The molecule has 2 unspecified atom stereocenters. The van der Waals surface area contributed by atoms with Gasteiger partial charge in [0.2, 0.25) is 23.4 Å². The van der Waals surface area contributed by atoms with Gasteiger partial charge in [0.1, 0.15) is 5.82 Å². The van der Waals surface area contributed by atoms with Crippen molar-refractivity contribution in [2.75, 3.05) is 5.32 Å². The van der Waals surface area contributed by atoms with E-state index in [9.17, 15) is 22.8 Å². The van der Waals surface area contributed by atoms with E-state index in [-0.39, 0.29) is 35.7 Å². The number of Topliss-reactive ketones (excluding diaryl/α,β-unsaturated/α-hetero) is 1. The van der Waals surface area contributed by atoms with Crippen LogP contribution in [0, 0.1) is 18.8 Å². The molecule has 0 spiro atoms. The van der Waals surface area contributed by atoms with Crippen LogP contribution in [0.5, 0.6) is 0 Å². The number of aromatic nitrogens is 3. The molecule has 1 fully saturated rings. The molecule has 36 heavy (non-hydrogen) atoms. The summed E-state index contributed by atoms with van der Waals surface area (Å²) in [6.45, 7) is 7.71. The van der Waals surface area contributed by atoms with Gasteiger partial charge in [-0.3, -0.25) is 9.59 Å². The average molecular weight is 501 g/mol. The zero-order valence-electron chi connectivity index (χ0n) is 20.4. The Morgan fingerprint density at radius 3 is 2.44 bits per heavy atom. The van der Waals surface area contributed by atoms with Crippen molar-refractivity contribution >= 4 is 17.5 Å². The third-order valence-corrected chi connectivity index (χ3v) is 6.17. The number of hydrogen-bond acceptors (Lipinski definition) is 6. The number of nitrogens with one attached hydrogen (secondary N) is 1. The van der Waals surface area contributed by atoms with Crippen LogP contribution in [0.4, 0.5) is 19.0 Å². The van der Waals surface area contributed by atoms with E-state index in [2.05, 4.69) is 20.4 Å². The number of pyridine rings is 1. The van der Waals surface area contributed by atoms with Crippen LogP contribution in [-0.2, 0) is 16.6 Å². The molecule has 1 amide bonds. The number of amides is 1. The Hall–Kier alpha value is -3.56. The van der Waals surface area contributed by atoms with E-state index in [1.165, 1.54) is 6.20 Å². The summed E-state index contributed by atoms with van der Waals surface area (Å²) in [4.78, 5) is 33.0. The lowest BCUT2D eigenvalue weighted by atomic mass is 9.96. The second-order valence-electron chi connectivity index (χ2n) is 10.1. The molecule has 1 aliphatic rings. The topological polar surface area (TPSA) is 98.0 Å². The average Bonchev–Trinajstić information content (AvgIpc) is 3.47. The molecule has 7 nitrogen and oxygen atoms in total. The van der Waals surface area contributed by atoms with Crippen LogP contribution in [-0.4, -0.2) is 33.0 Å². The quantitative estimate of drug-likeness (QED) is 0.419. The number of hydrogen-bond donors (Lipinski definition) is 1. The predicted octanol–water partition coefficient (Wildman–Crippen LogP) is 5.69. The van der Waals surface area contributed by atoms with Crippen molar-refractivity contribution < 1.29 is 27.3 Å². The molecule has 4 rings (SSSR count). The molecule has 190 valence electrons. The number of alkyl halides is 3. The van der Waals surface area contributed by atoms with Crippen molar-refractivity contribution in [3.8, 4) is 11.1 Å². The zero-order valence-corrected chi connectivity index (χ0v) is 20.4. The fourth-order valence-corrected chi connectivity index (χ4v) is 3.90. The number of halogens is 3. The van der Waals surface area contributed by atoms with Crippen LogP contribution in [0.15, 0.2) is 41.1 Å². The third kappa shape index (κ3) is 5.80. The molecular formula is C26H27F3N4O3. The predicted molar refractivity (Wildman–Crippen MR) is 126 cm³/mol. The molecule has 2 heterocycles. The number of ketones is 1. The summed E-state index contributed by atoms with van der Waals surface area (Å²) in [7, 11) is 0. The van der Waals surface area contributed by atoms with Crippen molar-refractivity contribution in [2.24, 2.45) is 11.8 Å². The normalized spacial score (nSPS) is 17.6. The number of aryl methyl sites for hydroxylation is 2. The highest BCUT2D eigenvalue weighted by Gasteiger charge is 2.58. The minimum Gasteiger partial charge on any atom is -0.338 e. The lowest BCUT2D eigenvalue weighted by Crippen LogP contribution is -2.20. The summed E-state index contributed by atoms with van der Waals surface area (Å²) in [5.41, 5.74) is 3.24. The molecule has 0 saturated heterocycles. The van der Waals surface area contributed by atoms with Gasteiger partial charge in [-0.2, -0.15) is 18.2 Å². The highest BCUT2D eigenvalue weighted by atomic mass is 19.4. The standard InChI is InChI=1S/C26H27F3N4O3/c1-14-11-16(6-5-15(14)7-8-20(34)22-32-24(36-33-22)25(2,3)4)17-9-10-30-21(12-17)31-23(35)18-13-19(18)26(27,28)29/h5-6,9-12,18-19H,7-8,13H2,1-4H3,(H,30,31,35). The minimum atomic E-state index is -4.36. The molecule has 2 aromatic heterocycles. The highest BCUT2D eigenvalue weighted by molar-refractivity contribution is 5.94. The molecule has 1 N–H and O–H groups in total. The second kappa shape index (κ2) is 9.48. The number of carbonyl (C=O) groups is 2. The molecule has 2 atom stereocenters. The summed E-state index contributed by atoms with van der Waals surface area (Å²) in [5, 5.41) is 6.30. The van der Waals surface area contributed by atoms with Crippen molar-refractivity contribution in [1.29, 1.82) is 0 Å². The van der Waals surface area contributed by atoms with E-state index in [0.29, 0.717) is 12.3 Å². The molecule has 3 aromatic rings. The maximum absolute atomic E-state index is 12.8. The number of rotatable bonds is 7. The molecule has 1 saturated carbocycles. The highest BCUT2D eigenvalue weighted by Crippen LogP contribution is 2.50. The maximum atomic E-state index is 12.8. The monoisotopic (exact) mass is 500 g/mol. The van der Waals surface area contributed by atoms with Crippen molar-refractivity contribution in [2.45, 2.75) is 58.5 Å². The second-order valence-corrected chi connectivity index (χ2v) is 10.1. The van der Waals surface area contributed by atoms with Gasteiger partial charge in [0.15, 0.2) is 0 Å². The minimum absolute atomic E-state index is 0.0771. The number of anilines is 1. The molecule has 1 aromatic carbocycles. The van der Waals surface area contributed by atoms with Crippen LogP contribution in [0.25, 0.3) is 11.1 Å². The van der Waals surface area contributed by atoms with Gasteiger partial charge in [0.05, 0.1) is 11.8 Å². The third-order valence-electron chi connectivity index (χ3n) is 6.17. The Kier molecular flexibility index (Phi) is 6.72. The SMILES string of the molecule is Cc1cc(-c2ccnc(NC(=O)C3CC3C(F)(F)F)c2)ccc1CCC(=O)c1noc(C(C)(C)C)n1. The van der Waals surface area contributed by atoms with Crippen LogP contribution >= 0.6 is 0 Å². The largest absolute Gasteiger partial charge is 0.392 e. The molecule has 1 aliphatic carbocycles. The van der Waals surface area contributed by atoms with E-state index < -0.39 is 23.9 Å². The first kappa shape index (κ1) is 25.5. The van der Waals surface area contributed by atoms with E-state index in [1.807, 2.05) is 45.9 Å². The van der Waals surface area contributed by atoms with E-state index in [1.54, 1.807) is 12.1 Å². The first-order valence-corrected chi connectivity index (χ1v) is 11.6. The number of benzene rings is 1. The van der Waals surface area contributed by atoms with Crippen molar-refractivity contribution in [3.05, 3.63) is 59.4 Å². The van der Waals surface area contributed by atoms with Crippen LogP contribution < -0.4 is 5.32 Å².